The third kappa shape index (κ3) is 2.69. The van der Waals surface area contributed by atoms with E-state index in [1.54, 1.807) is 60.9 Å². The van der Waals surface area contributed by atoms with Crippen LogP contribution in [-0.4, -0.2) is 13.0 Å². The van der Waals surface area contributed by atoms with Crippen LogP contribution in [0.1, 0.15) is 10.9 Å². The van der Waals surface area contributed by atoms with Crippen molar-refractivity contribution in [3.8, 4) is 0 Å². The van der Waals surface area contributed by atoms with Gasteiger partial charge < -0.3 is 0 Å². The molecule has 2 aromatic rings. The number of aromatic nitrogens is 1. The lowest BCUT2D eigenvalue weighted by Crippen LogP contribution is -2.43. The first-order valence-electron chi connectivity index (χ1n) is 5.06. The molecule has 0 aliphatic heterocycles. The summed E-state index contributed by atoms with van der Waals surface area (Å²) in [5.74, 6) is 0. The Morgan fingerprint density at radius 3 is 2.00 bits per heavy atom. The highest BCUT2D eigenvalue weighted by atomic mass is 32.2. The second kappa shape index (κ2) is 4.65. The molecule has 0 fully saturated rings. The van der Waals surface area contributed by atoms with Crippen LogP contribution in [0.2, 0.25) is 0 Å². The molecule has 88 valence electrons. The van der Waals surface area contributed by atoms with Gasteiger partial charge in [0.1, 0.15) is 0 Å². The molecule has 0 saturated heterocycles. The molecule has 1 N–H and O–H groups in total. The van der Waals surface area contributed by atoms with Crippen molar-refractivity contribution in [3.05, 3.63) is 66.5 Å². The Morgan fingerprint density at radius 2 is 1.47 bits per heavy atom. The highest BCUT2D eigenvalue weighted by molar-refractivity contribution is 7.85. The van der Waals surface area contributed by atoms with E-state index < -0.39 is 15.5 Å². The van der Waals surface area contributed by atoms with Crippen LogP contribution in [0.4, 0.5) is 0 Å². The fraction of sp³-hybridized carbons (Fsp3) is 0.0833. The van der Waals surface area contributed by atoms with Gasteiger partial charge in [0.2, 0.25) is 0 Å². The zero-order chi connectivity index (χ0) is 12.3. The minimum absolute atomic E-state index is 0.520. The molecule has 0 spiro atoms. The van der Waals surface area contributed by atoms with Gasteiger partial charge in [0.25, 0.3) is 0 Å². The van der Waals surface area contributed by atoms with Gasteiger partial charge in [-0.05, 0) is 0 Å². The minimum atomic E-state index is -4.21. The van der Waals surface area contributed by atoms with E-state index in [0.717, 1.165) is 0 Å². The lowest BCUT2D eigenvalue weighted by atomic mass is 10.2. The van der Waals surface area contributed by atoms with Crippen molar-refractivity contribution in [2.45, 2.75) is 5.37 Å². The third-order valence-electron chi connectivity index (χ3n) is 2.38. The zero-order valence-electron chi connectivity index (χ0n) is 8.97. The molecular weight excluding hydrogens is 238 g/mol. The van der Waals surface area contributed by atoms with Crippen LogP contribution < -0.4 is 4.57 Å². The van der Waals surface area contributed by atoms with Crippen molar-refractivity contribution in [1.29, 1.82) is 0 Å². The molecule has 1 atom stereocenters. The summed E-state index contributed by atoms with van der Waals surface area (Å²) >= 11 is 0. The summed E-state index contributed by atoms with van der Waals surface area (Å²) < 4.78 is 33.7. The Morgan fingerprint density at radius 1 is 0.941 bits per heavy atom. The van der Waals surface area contributed by atoms with E-state index in [1.165, 1.54) is 4.57 Å². The summed E-state index contributed by atoms with van der Waals surface area (Å²) in [6, 6.07) is 13.8. The SMILES string of the molecule is O=S(=O)(O)C(c1ccccc1)[n+]1ccccc1. The Kier molecular flexibility index (Phi) is 3.21. The maximum atomic E-state index is 11.5. The number of hydrogen-bond donors (Lipinski definition) is 1. The van der Waals surface area contributed by atoms with Crippen molar-refractivity contribution < 1.29 is 17.5 Å². The Balaban J connectivity index is 2.56. The second-order valence-corrected chi connectivity index (χ2v) is 5.08. The summed E-state index contributed by atoms with van der Waals surface area (Å²) in [5.41, 5.74) is 0.520. The van der Waals surface area contributed by atoms with Crippen LogP contribution in [0.5, 0.6) is 0 Å². The van der Waals surface area contributed by atoms with Gasteiger partial charge in [-0.15, -0.1) is 0 Å². The number of rotatable bonds is 3. The molecule has 1 heterocycles. The van der Waals surface area contributed by atoms with Crippen molar-refractivity contribution >= 4 is 10.1 Å². The van der Waals surface area contributed by atoms with Gasteiger partial charge in [0.05, 0.1) is 0 Å². The van der Waals surface area contributed by atoms with E-state index in [1.807, 2.05) is 0 Å². The summed E-state index contributed by atoms with van der Waals surface area (Å²) in [6.45, 7) is 0. The van der Waals surface area contributed by atoms with Gasteiger partial charge >= 0.3 is 15.5 Å². The van der Waals surface area contributed by atoms with E-state index in [-0.39, 0.29) is 0 Å². The van der Waals surface area contributed by atoms with Gasteiger partial charge in [-0.3, -0.25) is 4.55 Å². The van der Waals surface area contributed by atoms with Gasteiger partial charge in [-0.2, -0.15) is 13.0 Å². The first-order chi connectivity index (χ1) is 8.09. The molecule has 4 nitrogen and oxygen atoms in total. The van der Waals surface area contributed by atoms with Crippen LogP contribution in [0.15, 0.2) is 60.9 Å². The van der Waals surface area contributed by atoms with Crippen molar-refractivity contribution in [1.82, 2.24) is 0 Å². The predicted octanol–water partition coefficient (Wildman–Crippen LogP) is 1.41. The lowest BCUT2D eigenvalue weighted by molar-refractivity contribution is -0.693. The summed E-state index contributed by atoms with van der Waals surface area (Å²) in [7, 11) is -4.21. The molecule has 0 amide bonds. The van der Waals surface area contributed by atoms with E-state index >= 15 is 0 Å². The average molecular weight is 250 g/mol. The molecule has 0 aliphatic rings. The molecule has 0 bridgehead atoms. The second-order valence-electron chi connectivity index (χ2n) is 3.60. The molecule has 1 aromatic heterocycles. The molecule has 0 aliphatic carbocycles. The molecule has 1 aromatic carbocycles. The fourth-order valence-corrected chi connectivity index (χ4v) is 2.63. The summed E-state index contributed by atoms with van der Waals surface area (Å²) in [4.78, 5) is 0. The monoisotopic (exact) mass is 250 g/mol. The van der Waals surface area contributed by atoms with Crippen LogP contribution in [0.25, 0.3) is 0 Å². The van der Waals surface area contributed by atoms with Crippen molar-refractivity contribution in [2.75, 3.05) is 0 Å². The van der Waals surface area contributed by atoms with Gasteiger partial charge in [-0.1, -0.05) is 36.4 Å². The van der Waals surface area contributed by atoms with E-state index in [9.17, 15) is 13.0 Å². The molecule has 0 saturated carbocycles. The summed E-state index contributed by atoms with van der Waals surface area (Å²) in [6.07, 6.45) is 3.21. The van der Waals surface area contributed by atoms with Crippen LogP contribution in [0.3, 0.4) is 0 Å². The molecule has 1 unspecified atom stereocenters. The Hall–Kier alpha value is -1.72. The molecular formula is C12H12NO3S+. The molecule has 2 rings (SSSR count). The van der Waals surface area contributed by atoms with Crippen LogP contribution >= 0.6 is 0 Å². The standard InChI is InChI=1S/C12H11NO3S/c14-17(15,16)12(11-7-3-1-4-8-11)13-9-5-2-6-10-13/h1-10,12H/p+1. The van der Waals surface area contributed by atoms with Crippen LogP contribution in [-0.2, 0) is 10.1 Å². The zero-order valence-corrected chi connectivity index (χ0v) is 9.79. The van der Waals surface area contributed by atoms with Crippen molar-refractivity contribution in [3.63, 3.8) is 0 Å². The topological polar surface area (TPSA) is 58.3 Å². The average Bonchev–Trinajstić information content (AvgIpc) is 2.30. The van der Waals surface area contributed by atoms with Gasteiger partial charge in [0.15, 0.2) is 12.4 Å². The normalized spacial score (nSPS) is 13.2. The number of hydrogen-bond acceptors (Lipinski definition) is 2. The predicted molar refractivity (Wildman–Crippen MR) is 62.8 cm³/mol. The first-order valence-corrected chi connectivity index (χ1v) is 6.56. The first kappa shape index (κ1) is 11.8. The fourth-order valence-electron chi connectivity index (χ4n) is 1.68. The Bertz CT molecular complexity index is 542. The van der Waals surface area contributed by atoms with E-state index in [2.05, 4.69) is 0 Å². The van der Waals surface area contributed by atoms with Crippen LogP contribution in [0, 0.1) is 0 Å². The third-order valence-corrected chi connectivity index (χ3v) is 3.46. The molecule has 5 heteroatoms. The minimum Gasteiger partial charge on any atom is -0.280 e. The largest absolute Gasteiger partial charge is 0.334 e. The van der Waals surface area contributed by atoms with Gasteiger partial charge in [-0.25, -0.2) is 0 Å². The number of pyridine rings is 1. The van der Waals surface area contributed by atoms with E-state index in [4.69, 9.17) is 0 Å². The maximum absolute atomic E-state index is 11.5. The lowest BCUT2D eigenvalue weighted by Gasteiger charge is -2.09. The molecule has 17 heavy (non-hydrogen) atoms. The van der Waals surface area contributed by atoms with Gasteiger partial charge in [0, 0.05) is 17.7 Å². The smallest absolute Gasteiger partial charge is 0.280 e. The Labute approximate surface area is 99.9 Å². The maximum Gasteiger partial charge on any atom is 0.334 e. The number of nitrogens with zero attached hydrogens (tertiary/aromatic N) is 1. The van der Waals surface area contributed by atoms with E-state index in [0.29, 0.717) is 5.56 Å². The highest BCUT2D eigenvalue weighted by Crippen LogP contribution is 2.17. The quantitative estimate of drug-likeness (QED) is 0.662. The number of benzene rings is 1. The van der Waals surface area contributed by atoms with Crippen molar-refractivity contribution in [2.24, 2.45) is 0 Å². The molecule has 0 radical (unpaired) electrons. The highest BCUT2D eigenvalue weighted by Gasteiger charge is 2.33. The summed E-state index contributed by atoms with van der Waals surface area (Å²) in [5, 5.41) is -1.11.